The summed E-state index contributed by atoms with van der Waals surface area (Å²) in [5.74, 6) is 1.96. The summed E-state index contributed by atoms with van der Waals surface area (Å²) in [4.78, 5) is 15.7. The van der Waals surface area contributed by atoms with Crippen LogP contribution in [0.25, 0.3) is 67.2 Å². The van der Waals surface area contributed by atoms with Crippen LogP contribution in [0.1, 0.15) is 47.2 Å². The molecule has 0 aliphatic heterocycles. The zero-order valence-corrected chi connectivity index (χ0v) is 31.2. The number of hydrogen-bond acceptors (Lipinski definition) is 3. The molecule has 1 heterocycles. The highest BCUT2D eigenvalue weighted by Crippen LogP contribution is 2.63. The van der Waals surface area contributed by atoms with Gasteiger partial charge in [-0.1, -0.05) is 196 Å². The first-order valence-electron chi connectivity index (χ1n) is 19.4. The lowest BCUT2D eigenvalue weighted by molar-refractivity contribution is 0.563. The highest BCUT2D eigenvalue weighted by atomic mass is 15.0. The Morgan fingerprint density at radius 1 is 0.321 bits per heavy atom. The Bertz CT molecular complexity index is 2950. The van der Waals surface area contributed by atoms with Gasteiger partial charge < -0.3 is 0 Å². The Balaban J connectivity index is 1.13. The zero-order valence-electron chi connectivity index (χ0n) is 31.2. The van der Waals surface area contributed by atoms with Gasteiger partial charge in [-0.25, -0.2) is 15.0 Å². The highest BCUT2D eigenvalue weighted by Gasteiger charge is 2.53. The van der Waals surface area contributed by atoms with Crippen molar-refractivity contribution in [2.45, 2.75) is 24.7 Å². The van der Waals surface area contributed by atoms with Crippen molar-refractivity contribution in [3.63, 3.8) is 0 Å². The normalized spacial score (nSPS) is 14.2. The molecule has 56 heavy (non-hydrogen) atoms. The monoisotopic (exact) mass is 715 g/mol. The largest absolute Gasteiger partial charge is 0.208 e. The van der Waals surface area contributed by atoms with Gasteiger partial charge in [0.25, 0.3) is 0 Å². The van der Waals surface area contributed by atoms with Gasteiger partial charge in [0.2, 0.25) is 0 Å². The van der Waals surface area contributed by atoms with E-state index in [9.17, 15) is 0 Å². The van der Waals surface area contributed by atoms with Crippen LogP contribution in [-0.4, -0.2) is 15.0 Å². The Hall–Kier alpha value is -6.97. The Kier molecular flexibility index (Phi) is 7.11. The van der Waals surface area contributed by atoms with E-state index >= 15 is 0 Å². The third kappa shape index (κ3) is 4.67. The van der Waals surface area contributed by atoms with Gasteiger partial charge in [0.05, 0.1) is 5.41 Å². The molecule has 0 N–H and O–H groups in total. The van der Waals surface area contributed by atoms with Crippen molar-refractivity contribution in [3.8, 4) is 56.4 Å². The maximum atomic E-state index is 5.32. The fourth-order valence-corrected chi connectivity index (χ4v) is 9.62. The lowest BCUT2D eigenvalue weighted by atomic mass is 9.55. The molecule has 0 radical (unpaired) electrons. The number of hydrogen-bond donors (Lipinski definition) is 0. The molecular weight excluding hydrogens is 679 g/mol. The highest BCUT2D eigenvalue weighted by molar-refractivity contribution is 5.96. The molecule has 0 bridgehead atoms. The minimum absolute atomic E-state index is 0.161. The number of benzene rings is 8. The summed E-state index contributed by atoms with van der Waals surface area (Å²) >= 11 is 0. The summed E-state index contributed by atoms with van der Waals surface area (Å²) in [6.45, 7) is 4.73. The molecule has 0 unspecified atom stereocenters. The summed E-state index contributed by atoms with van der Waals surface area (Å²) in [5, 5.41) is 2.46. The molecule has 264 valence electrons. The van der Waals surface area contributed by atoms with Gasteiger partial charge in [0.1, 0.15) is 0 Å². The number of rotatable bonds is 4. The van der Waals surface area contributed by atoms with Crippen molar-refractivity contribution in [1.29, 1.82) is 0 Å². The van der Waals surface area contributed by atoms with Crippen molar-refractivity contribution in [2.24, 2.45) is 0 Å². The fraction of sp³-hybridized carbons (Fsp3) is 0.0755. The molecule has 9 aromatic rings. The van der Waals surface area contributed by atoms with E-state index in [1.165, 1.54) is 60.8 Å². The molecule has 0 amide bonds. The van der Waals surface area contributed by atoms with Crippen LogP contribution in [-0.2, 0) is 10.8 Å². The number of aromatic nitrogens is 3. The second-order valence-corrected chi connectivity index (χ2v) is 15.6. The van der Waals surface area contributed by atoms with Crippen molar-refractivity contribution in [2.75, 3.05) is 0 Å². The average molecular weight is 716 g/mol. The molecule has 3 nitrogen and oxygen atoms in total. The summed E-state index contributed by atoms with van der Waals surface area (Å²) in [5.41, 5.74) is 14.9. The molecule has 0 saturated carbocycles. The Labute approximate surface area is 327 Å². The van der Waals surface area contributed by atoms with Gasteiger partial charge in [-0.3, -0.25) is 0 Å². The van der Waals surface area contributed by atoms with Crippen LogP contribution in [0.5, 0.6) is 0 Å². The van der Waals surface area contributed by atoms with Crippen LogP contribution < -0.4 is 0 Å². The predicted molar refractivity (Wildman–Crippen MR) is 229 cm³/mol. The lowest BCUT2D eigenvalue weighted by Gasteiger charge is -2.46. The van der Waals surface area contributed by atoms with Crippen LogP contribution in [0.15, 0.2) is 188 Å². The lowest BCUT2D eigenvalue weighted by Crippen LogP contribution is -2.40. The number of fused-ring (bicyclic) bond motifs is 10. The number of nitrogens with zero attached hydrogens (tertiary/aromatic N) is 3. The second kappa shape index (κ2) is 12.3. The van der Waals surface area contributed by atoms with Crippen LogP contribution >= 0.6 is 0 Å². The van der Waals surface area contributed by atoms with E-state index in [2.05, 4.69) is 184 Å². The van der Waals surface area contributed by atoms with Gasteiger partial charge in [0.15, 0.2) is 17.5 Å². The van der Waals surface area contributed by atoms with Crippen molar-refractivity contribution < 1.29 is 0 Å². The van der Waals surface area contributed by atoms with Gasteiger partial charge in [0, 0.05) is 22.1 Å². The van der Waals surface area contributed by atoms with Crippen LogP contribution in [0.3, 0.4) is 0 Å². The first-order chi connectivity index (χ1) is 27.5. The van der Waals surface area contributed by atoms with E-state index in [1.54, 1.807) is 0 Å². The van der Waals surface area contributed by atoms with Crippen LogP contribution in [0, 0.1) is 0 Å². The Morgan fingerprint density at radius 3 is 1.50 bits per heavy atom. The minimum atomic E-state index is -0.499. The van der Waals surface area contributed by atoms with Gasteiger partial charge in [-0.2, -0.15) is 0 Å². The third-order valence-corrected chi connectivity index (χ3v) is 12.2. The first-order valence-corrected chi connectivity index (χ1v) is 19.4. The summed E-state index contributed by atoms with van der Waals surface area (Å²) < 4.78 is 0. The zero-order chi connectivity index (χ0) is 37.4. The maximum Gasteiger partial charge on any atom is 0.164 e. The van der Waals surface area contributed by atoms with E-state index in [4.69, 9.17) is 15.0 Å². The van der Waals surface area contributed by atoms with Crippen molar-refractivity contribution >= 4 is 10.8 Å². The van der Waals surface area contributed by atoms with Crippen molar-refractivity contribution in [3.05, 3.63) is 221 Å². The SMILES string of the molecule is CC1(C)c2ccccc2C2(c3ccccc3-c3c(-c4nc(-c5ccccc5)nc(-c5ccc(-c6ccc7ccccc7c6)cc5)n4)cccc32)c2ccccc21. The summed E-state index contributed by atoms with van der Waals surface area (Å²) in [7, 11) is 0. The molecule has 2 aliphatic rings. The second-order valence-electron chi connectivity index (χ2n) is 15.6. The topological polar surface area (TPSA) is 38.7 Å². The van der Waals surface area contributed by atoms with Gasteiger partial charge >= 0.3 is 0 Å². The fourth-order valence-electron chi connectivity index (χ4n) is 9.62. The standard InChI is InChI=1S/C53H37N3/c1-52(2)43-22-10-12-24-45(43)53(46-25-13-11-23-44(46)52)42-21-9-8-19-40(42)48-41(20-14-26-47(48)53)51-55-49(36-16-4-3-5-17-36)54-50(56-51)37-30-27-35(28-31-37)39-32-29-34-15-6-7-18-38(34)33-39/h3-33H,1-2H3. The Morgan fingerprint density at radius 2 is 0.804 bits per heavy atom. The third-order valence-electron chi connectivity index (χ3n) is 12.2. The molecule has 2 aliphatic carbocycles. The smallest absolute Gasteiger partial charge is 0.164 e. The maximum absolute atomic E-state index is 5.32. The van der Waals surface area contributed by atoms with Gasteiger partial charge in [-0.05, 0) is 72.5 Å². The summed E-state index contributed by atoms with van der Waals surface area (Å²) in [6, 6.07) is 67.8. The molecule has 1 aromatic heterocycles. The molecular formula is C53H37N3. The average Bonchev–Trinajstić information content (AvgIpc) is 3.57. The van der Waals surface area contributed by atoms with Gasteiger partial charge in [-0.15, -0.1) is 0 Å². The minimum Gasteiger partial charge on any atom is -0.208 e. The predicted octanol–water partition coefficient (Wildman–Crippen LogP) is 12.7. The van der Waals surface area contributed by atoms with Crippen LogP contribution in [0.4, 0.5) is 0 Å². The first kappa shape index (κ1) is 32.5. The quantitative estimate of drug-likeness (QED) is 0.182. The molecule has 11 rings (SSSR count). The van der Waals surface area contributed by atoms with Crippen molar-refractivity contribution in [1.82, 2.24) is 15.0 Å². The molecule has 8 aromatic carbocycles. The van der Waals surface area contributed by atoms with Crippen LogP contribution in [0.2, 0.25) is 0 Å². The molecule has 3 heteroatoms. The van der Waals surface area contributed by atoms with E-state index in [-0.39, 0.29) is 5.41 Å². The molecule has 0 fully saturated rings. The molecule has 1 spiro atoms. The van der Waals surface area contributed by atoms with E-state index in [0.717, 1.165) is 22.3 Å². The van der Waals surface area contributed by atoms with E-state index in [0.29, 0.717) is 17.5 Å². The van der Waals surface area contributed by atoms with E-state index < -0.39 is 5.41 Å². The molecule has 0 saturated heterocycles. The summed E-state index contributed by atoms with van der Waals surface area (Å²) in [6.07, 6.45) is 0. The van der Waals surface area contributed by atoms with E-state index in [1.807, 2.05) is 18.2 Å². The molecule has 0 atom stereocenters.